The Morgan fingerprint density at radius 1 is 1.39 bits per heavy atom. The van der Waals surface area contributed by atoms with Crippen molar-refractivity contribution in [3.05, 3.63) is 23.8 Å². The summed E-state index contributed by atoms with van der Waals surface area (Å²) < 4.78 is 5.01. The summed E-state index contributed by atoms with van der Waals surface area (Å²) in [6, 6.07) is 4.10. The predicted molar refractivity (Wildman–Crippen MR) is 67.8 cm³/mol. The van der Waals surface area contributed by atoms with Gasteiger partial charge >= 0.3 is 0 Å². The fourth-order valence-electron chi connectivity index (χ4n) is 1.88. The maximum atomic E-state index is 12.3. The van der Waals surface area contributed by atoms with Gasteiger partial charge in [-0.1, -0.05) is 6.07 Å². The van der Waals surface area contributed by atoms with Crippen LogP contribution in [-0.4, -0.2) is 47.3 Å². The van der Waals surface area contributed by atoms with E-state index in [-0.39, 0.29) is 23.1 Å². The quantitative estimate of drug-likeness (QED) is 0.836. The molecule has 1 rings (SSSR count). The van der Waals surface area contributed by atoms with Crippen LogP contribution in [0.2, 0.25) is 0 Å². The fourth-order valence-corrected chi connectivity index (χ4v) is 1.88. The third kappa shape index (κ3) is 2.92. The van der Waals surface area contributed by atoms with Crippen molar-refractivity contribution in [2.24, 2.45) is 0 Å². The number of phenolic OH excluding ortho intramolecular Hbond substituents is 2. The van der Waals surface area contributed by atoms with Gasteiger partial charge in [-0.3, -0.25) is 4.79 Å². The molecule has 0 saturated heterocycles. The van der Waals surface area contributed by atoms with Crippen LogP contribution in [0, 0.1) is 0 Å². The summed E-state index contributed by atoms with van der Waals surface area (Å²) in [4.78, 5) is 13.8. The second kappa shape index (κ2) is 6.26. The highest BCUT2D eigenvalue weighted by molar-refractivity contribution is 5.99. The van der Waals surface area contributed by atoms with E-state index in [1.165, 1.54) is 23.1 Å². The molecular weight excluding hydrogens is 234 g/mol. The minimum absolute atomic E-state index is 0.0673. The molecule has 0 heterocycles. The Morgan fingerprint density at radius 3 is 2.39 bits per heavy atom. The van der Waals surface area contributed by atoms with Crippen LogP contribution in [0.5, 0.6) is 11.5 Å². The number of likely N-dealkylation sites (N-methyl/N-ethyl adjacent to an activating group) is 1. The van der Waals surface area contributed by atoms with Crippen molar-refractivity contribution in [1.82, 2.24) is 4.90 Å². The lowest BCUT2D eigenvalue weighted by molar-refractivity contribution is 0.0573. The van der Waals surface area contributed by atoms with Crippen LogP contribution >= 0.6 is 0 Å². The molecule has 1 unspecified atom stereocenters. The first-order chi connectivity index (χ1) is 8.52. The van der Waals surface area contributed by atoms with E-state index in [1.807, 2.05) is 13.8 Å². The standard InChI is InChI=1S/C13H19NO4/c1-4-14(9(2)8-18-3)13(17)12-10(15)6-5-7-11(12)16/h5-7,9,15-16H,4,8H2,1-3H3. The number of carbonyl (C=O) groups is 1. The average Bonchev–Trinajstić information content (AvgIpc) is 2.30. The molecule has 18 heavy (non-hydrogen) atoms. The topological polar surface area (TPSA) is 70.0 Å². The van der Waals surface area contributed by atoms with Crippen LogP contribution in [0.15, 0.2) is 18.2 Å². The molecule has 2 N–H and O–H groups in total. The summed E-state index contributed by atoms with van der Waals surface area (Å²) in [5.74, 6) is -0.844. The van der Waals surface area contributed by atoms with E-state index in [4.69, 9.17) is 4.74 Å². The molecule has 1 aromatic carbocycles. The summed E-state index contributed by atoms with van der Waals surface area (Å²) in [5, 5.41) is 19.4. The largest absolute Gasteiger partial charge is 0.507 e. The van der Waals surface area contributed by atoms with Crippen LogP contribution in [0.4, 0.5) is 0 Å². The molecule has 0 saturated carbocycles. The summed E-state index contributed by atoms with van der Waals surface area (Å²) in [7, 11) is 1.56. The van der Waals surface area contributed by atoms with Crippen molar-refractivity contribution in [2.45, 2.75) is 19.9 Å². The lowest BCUT2D eigenvalue weighted by Gasteiger charge is -2.28. The average molecular weight is 253 g/mol. The van der Waals surface area contributed by atoms with Gasteiger partial charge in [-0.15, -0.1) is 0 Å². The minimum Gasteiger partial charge on any atom is -0.507 e. The highest BCUT2D eigenvalue weighted by Gasteiger charge is 2.24. The number of ether oxygens (including phenoxy) is 1. The van der Waals surface area contributed by atoms with E-state index >= 15 is 0 Å². The Hall–Kier alpha value is -1.75. The molecule has 0 radical (unpaired) electrons. The second-order valence-corrected chi connectivity index (χ2v) is 4.07. The molecule has 0 bridgehead atoms. The van der Waals surface area contributed by atoms with Gasteiger partial charge in [-0.2, -0.15) is 0 Å². The molecule has 0 fully saturated rings. The van der Waals surface area contributed by atoms with Crippen molar-refractivity contribution in [3.8, 4) is 11.5 Å². The highest BCUT2D eigenvalue weighted by atomic mass is 16.5. The van der Waals surface area contributed by atoms with E-state index < -0.39 is 5.91 Å². The van der Waals surface area contributed by atoms with Crippen LogP contribution in [-0.2, 0) is 4.74 Å². The Morgan fingerprint density at radius 2 is 1.94 bits per heavy atom. The van der Waals surface area contributed by atoms with Gasteiger partial charge in [0, 0.05) is 13.7 Å². The highest BCUT2D eigenvalue weighted by Crippen LogP contribution is 2.28. The Bertz CT molecular complexity index is 399. The van der Waals surface area contributed by atoms with Gasteiger partial charge in [0.15, 0.2) is 0 Å². The summed E-state index contributed by atoms with van der Waals surface area (Å²) in [6.45, 7) is 4.55. The van der Waals surface area contributed by atoms with Crippen LogP contribution in [0.3, 0.4) is 0 Å². The molecule has 0 spiro atoms. The first kappa shape index (κ1) is 14.3. The van der Waals surface area contributed by atoms with E-state index in [9.17, 15) is 15.0 Å². The summed E-state index contributed by atoms with van der Waals surface area (Å²) in [5.41, 5.74) is -0.0673. The number of aromatic hydroxyl groups is 2. The Labute approximate surface area is 107 Å². The lowest BCUT2D eigenvalue weighted by Crippen LogP contribution is -2.41. The van der Waals surface area contributed by atoms with Gasteiger partial charge in [0.2, 0.25) is 0 Å². The van der Waals surface area contributed by atoms with Gasteiger partial charge in [-0.25, -0.2) is 0 Å². The van der Waals surface area contributed by atoms with Crippen LogP contribution < -0.4 is 0 Å². The third-order valence-corrected chi connectivity index (χ3v) is 2.78. The van der Waals surface area contributed by atoms with Crippen molar-refractivity contribution in [1.29, 1.82) is 0 Å². The third-order valence-electron chi connectivity index (χ3n) is 2.78. The molecule has 1 aromatic rings. The normalized spacial score (nSPS) is 12.2. The van der Waals surface area contributed by atoms with Crippen molar-refractivity contribution in [3.63, 3.8) is 0 Å². The van der Waals surface area contributed by atoms with Gasteiger partial charge < -0.3 is 19.8 Å². The Kier molecular flexibility index (Phi) is 4.97. The van der Waals surface area contributed by atoms with Crippen molar-refractivity contribution >= 4 is 5.91 Å². The van der Waals surface area contributed by atoms with Gasteiger partial charge in [0.05, 0.1) is 12.6 Å². The van der Waals surface area contributed by atoms with Gasteiger partial charge in [-0.05, 0) is 26.0 Å². The number of hydrogen-bond donors (Lipinski definition) is 2. The molecule has 0 aliphatic carbocycles. The smallest absolute Gasteiger partial charge is 0.261 e. The lowest BCUT2D eigenvalue weighted by atomic mass is 10.1. The van der Waals surface area contributed by atoms with Crippen LogP contribution in [0.25, 0.3) is 0 Å². The molecule has 5 nitrogen and oxygen atoms in total. The number of nitrogens with zero attached hydrogens (tertiary/aromatic N) is 1. The molecule has 0 aromatic heterocycles. The maximum Gasteiger partial charge on any atom is 0.261 e. The zero-order valence-electron chi connectivity index (χ0n) is 10.9. The zero-order valence-corrected chi connectivity index (χ0v) is 10.9. The number of hydrogen-bond acceptors (Lipinski definition) is 4. The monoisotopic (exact) mass is 253 g/mol. The van der Waals surface area contributed by atoms with E-state index in [1.54, 1.807) is 7.11 Å². The van der Waals surface area contributed by atoms with Gasteiger partial charge in [0.25, 0.3) is 5.91 Å². The fraction of sp³-hybridized carbons (Fsp3) is 0.462. The molecule has 0 aliphatic rings. The minimum atomic E-state index is -0.405. The molecule has 1 amide bonds. The van der Waals surface area contributed by atoms with Crippen molar-refractivity contribution < 1.29 is 19.7 Å². The first-order valence-corrected chi connectivity index (χ1v) is 5.83. The second-order valence-electron chi connectivity index (χ2n) is 4.07. The molecule has 5 heteroatoms. The number of rotatable bonds is 5. The van der Waals surface area contributed by atoms with Gasteiger partial charge in [0.1, 0.15) is 17.1 Å². The van der Waals surface area contributed by atoms with Crippen LogP contribution in [0.1, 0.15) is 24.2 Å². The number of carbonyl (C=O) groups excluding carboxylic acids is 1. The zero-order chi connectivity index (χ0) is 13.7. The summed E-state index contributed by atoms with van der Waals surface area (Å²) in [6.07, 6.45) is 0. The number of amides is 1. The molecule has 1 atom stereocenters. The molecular formula is C13H19NO4. The number of benzene rings is 1. The maximum absolute atomic E-state index is 12.3. The SMILES string of the molecule is CCN(C(=O)c1c(O)cccc1O)C(C)COC. The Balaban J connectivity index is 3.04. The summed E-state index contributed by atoms with van der Waals surface area (Å²) >= 11 is 0. The molecule has 0 aliphatic heterocycles. The number of methoxy groups -OCH3 is 1. The van der Waals surface area contributed by atoms with Crippen molar-refractivity contribution in [2.75, 3.05) is 20.3 Å². The van der Waals surface area contributed by atoms with E-state index in [0.717, 1.165) is 0 Å². The molecule has 100 valence electrons. The van der Waals surface area contributed by atoms with E-state index in [0.29, 0.717) is 13.2 Å². The predicted octanol–water partition coefficient (Wildman–Crippen LogP) is 1.59. The first-order valence-electron chi connectivity index (χ1n) is 5.83. The van der Waals surface area contributed by atoms with E-state index in [2.05, 4.69) is 0 Å². The number of phenols is 2.